The van der Waals surface area contributed by atoms with Crippen LogP contribution in [0.4, 0.5) is 24.1 Å². The number of nitrogen functional groups attached to an aromatic ring is 1. The van der Waals surface area contributed by atoms with Crippen molar-refractivity contribution in [3.8, 4) is 11.5 Å². The van der Waals surface area contributed by atoms with E-state index in [1.54, 1.807) is 29.6 Å². The van der Waals surface area contributed by atoms with E-state index >= 15 is 0 Å². The van der Waals surface area contributed by atoms with Crippen LogP contribution < -0.4 is 20.6 Å². The average molecular weight is 422 g/mol. The zero-order chi connectivity index (χ0) is 20.9. The molecule has 6 nitrogen and oxygen atoms in total. The van der Waals surface area contributed by atoms with Gasteiger partial charge in [-0.05, 0) is 29.8 Å². The Morgan fingerprint density at radius 1 is 1.24 bits per heavy atom. The van der Waals surface area contributed by atoms with Crippen molar-refractivity contribution < 1.29 is 22.6 Å². The minimum absolute atomic E-state index is 0.0679. The zero-order valence-electron chi connectivity index (χ0n) is 15.2. The lowest BCUT2D eigenvalue weighted by Gasteiger charge is -2.14. The number of thiazole rings is 1. The molecule has 0 spiro atoms. The summed E-state index contributed by atoms with van der Waals surface area (Å²) in [6.45, 7) is -0.0679. The predicted octanol–water partition coefficient (Wildman–Crippen LogP) is 4.78. The topological polar surface area (TPSA) is 81.8 Å². The highest BCUT2D eigenvalue weighted by Gasteiger charge is 2.30. The van der Waals surface area contributed by atoms with Gasteiger partial charge in [-0.3, -0.25) is 5.43 Å². The van der Waals surface area contributed by atoms with Crippen LogP contribution in [-0.4, -0.2) is 18.3 Å². The van der Waals surface area contributed by atoms with Crippen LogP contribution in [0.3, 0.4) is 0 Å². The van der Waals surface area contributed by atoms with E-state index in [-0.39, 0.29) is 6.61 Å². The Morgan fingerprint density at radius 2 is 2.03 bits per heavy atom. The molecule has 0 amide bonds. The molecule has 0 saturated heterocycles. The van der Waals surface area contributed by atoms with Crippen LogP contribution in [0.1, 0.15) is 16.7 Å². The van der Waals surface area contributed by atoms with Crippen molar-refractivity contribution in [2.24, 2.45) is 5.10 Å². The second kappa shape index (κ2) is 8.82. The Hall–Kier alpha value is -3.27. The molecule has 0 atom stereocenters. The molecule has 3 aromatic rings. The molecule has 3 rings (SSSR count). The monoisotopic (exact) mass is 422 g/mol. The molecular formula is C19H17F3N4O2S. The van der Waals surface area contributed by atoms with Gasteiger partial charge in [-0.1, -0.05) is 18.2 Å². The molecule has 1 aromatic heterocycles. The standard InChI is InChI=1S/C19H17F3N4O2S/c1-27-15-7-3-5-13(9-24-26-18-25-16(23)11-29-18)17(15)28-10-12-4-2-6-14(8-12)19(20,21)22/h2-9,11H,10,23H2,1H3,(H,25,26). The number of aromatic nitrogens is 1. The van der Waals surface area contributed by atoms with Crippen LogP contribution in [0, 0.1) is 0 Å². The molecule has 1 heterocycles. The van der Waals surface area contributed by atoms with Crippen LogP contribution in [-0.2, 0) is 12.8 Å². The van der Waals surface area contributed by atoms with Crippen molar-refractivity contribution in [3.63, 3.8) is 0 Å². The summed E-state index contributed by atoms with van der Waals surface area (Å²) in [6.07, 6.45) is -2.91. The van der Waals surface area contributed by atoms with E-state index in [0.717, 1.165) is 12.1 Å². The summed E-state index contributed by atoms with van der Waals surface area (Å²) >= 11 is 1.30. The van der Waals surface area contributed by atoms with Crippen molar-refractivity contribution in [1.82, 2.24) is 4.98 Å². The van der Waals surface area contributed by atoms with Gasteiger partial charge in [-0.15, -0.1) is 11.3 Å². The molecule has 0 saturated carbocycles. The fourth-order valence-corrected chi connectivity index (χ4v) is 2.99. The fourth-order valence-electron chi connectivity index (χ4n) is 2.44. The van der Waals surface area contributed by atoms with Crippen LogP contribution in [0.15, 0.2) is 52.9 Å². The van der Waals surface area contributed by atoms with Crippen LogP contribution in [0.2, 0.25) is 0 Å². The number of nitrogens with one attached hydrogen (secondary N) is 1. The number of ether oxygens (including phenoxy) is 2. The molecule has 29 heavy (non-hydrogen) atoms. The number of hydrazone groups is 1. The lowest BCUT2D eigenvalue weighted by molar-refractivity contribution is -0.137. The summed E-state index contributed by atoms with van der Waals surface area (Å²) in [5, 5.41) is 6.29. The van der Waals surface area contributed by atoms with Gasteiger partial charge < -0.3 is 15.2 Å². The largest absolute Gasteiger partial charge is 0.493 e. The minimum Gasteiger partial charge on any atom is -0.493 e. The smallest absolute Gasteiger partial charge is 0.416 e. The molecule has 152 valence electrons. The second-order valence-corrected chi connectivity index (χ2v) is 6.67. The third kappa shape index (κ3) is 5.38. The van der Waals surface area contributed by atoms with Crippen molar-refractivity contribution >= 4 is 28.5 Å². The van der Waals surface area contributed by atoms with Gasteiger partial charge in [0.05, 0.1) is 18.9 Å². The Balaban J connectivity index is 1.77. The molecule has 0 aliphatic rings. The van der Waals surface area contributed by atoms with E-state index in [1.807, 2.05) is 0 Å². The summed E-state index contributed by atoms with van der Waals surface area (Å²) in [4.78, 5) is 4.03. The molecule has 0 radical (unpaired) electrons. The fraction of sp³-hybridized carbons (Fsp3) is 0.158. The number of rotatable bonds is 7. The first-order chi connectivity index (χ1) is 13.9. The summed E-state index contributed by atoms with van der Waals surface area (Å²) in [7, 11) is 1.48. The minimum atomic E-state index is -4.41. The van der Waals surface area contributed by atoms with E-state index < -0.39 is 11.7 Å². The van der Waals surface area contributed by atoms with Crippen molar-refractivity contribution in [2.75, 3.05) is 18.3 Å². The van der Waals surface area contributed by atoms with Gasteiger partial charge in [0.2, 0.25) is 5.13 Å². The number of hydrogen-bond acceptors (Lipinski definition) is 7. The highest BCUT2D eigenvalue weighted by Crippen LogP contribution is 2.32. The highest BCUT2D eigenvalue weighted by molar-refractivity contribution is 7.14. The average Bonchev–Trinajstić information content (AvgIpc) is 3.11. The van der Waals surface area contributed by atoms with E-state index in [1.165, 1.54) is 30.7 Å². The molecule has 0 unspecified atom stereocenters. The van der Waals surface area contributed by atoms with E-state index in [4.69, 9.17) is 15.2 Å². The molecule has 0 bridgehead atoms. The summed E-state index contributed by atoms with van der Waals surface area (Å²) in [5.74, 6) is 1.18. The van der Waals surface area contributed by atoms with Crippen LogP contribution in [0.25, 0.3) is 0 Å². The number of hydrogen-bond donors (Lipinski definition) is 2. The molecule has 10 heteroatoms. The van der Waals surface area contributed by atoms with Gasteiger partial charge in [0.15, 0.2) is 11.5 Å². The number of halogens is 3. The van der Waals surface area contributed by atoms with Crippen molar-refractivity contribution in [2.45, 2.75) is 12.8 Å². The van der Waals surface area contributed by atoms with E-state index in [2.05, 4.69) is 15.5 Å². The normalized spacial score (nSPS) is 11.6. The lowest BCUT2D eigenvalue weighted by Crippen LogP contribution is -2.07. The number of benzene rings is 2. The third-order valence-electron chi connectivity index (χ3n) is 3.75. The molecule has 0 aliphatic heterocycles. The van der Waals surface area contributed by atoms with Crippen LogP contribution in [0.5, 0.6) is 11.5 Å². The maximum atomic E-state index is 12.9. The first kappa shape index (κ1) is 20.5. The SMILES string of the molecule is COc1cccc(C=NNc2nc(N)cs2)c1OCc1cccc(C(F)(F)F)c1. The van der Waals surface area contributed by atoms with Gasteiger partial charge in [0, 0.05) is 10.9 Å². The Kier molecular flexibility index (Phi) is 6.23. The molecular weight excluding hydrogens is 405 g/mol. The molecule has 0 fully saturated rings. The van der Waals surface area contributed by atoms with Gasteiger partial charge in [-0.2, -0.15) is 18.3 Å². The quantitative estimate of drug-likeness (QED) is 0.423. The molecule has 0 aliphatic carbocycles. The van der Waals surface area contributed by atoms with E-state index in [0.29, 0.717) is 33.6 Å². The van der Waals surface area contributed by atoms with Crippen molar-refractivity contribution in [1.29, 1.82) is 0 Å². The van der Waals surface area contributed by atoms with Gasteiger partial charge in [-0.25, -0.2) is 4.98 Å². The van der Waals surface area contributed by atoms with Crippen LogP contribution >= 0.6 is 11.3 Å². The summed E-state index contributed by atoms with van der Waals surface area (Å²) < 4.78 is 49.8. The number of nitrogens with two attached hydrogens (primary N) is 1. The summed E-state index contributed by atoms with van der Waals surface area (Å²) in [6, 6.07) is 10.2. The highest BCUT2D eigenvalue weighted by atomic mass is 32.1. The van der Waals surface area contributed by atoms with Gasteiger partial charge in [0.1, 0.15) is 12.4 Å². The maximum Gasteiger partial charge on any atom is 0.416 e. The number of anilines is 2. The number of methoxy groups -OCH3 is 1. The molecule has 2 aromatic carbocycles. The predicted molar refractivity (Wildman–Crippen MR) is 107 cm³/mol. The van der Waals surface area contributed by atoms with E-state index in [9.17, 15) is 13.2 Å². The first-order valence-electron chi connectivity index (χ1n) is 8.33. The first-order valence-corrected chi connectivity index (χ1v) is 9.21. The second-order valence-electron chi connectivity index (χ2n) is 5.81. The summed E-state index contributed by atoms with van der Waals surface area (Å²) in [5.41, 5.74) is 8.54. The van der Waals surface area contributed by atoms with Gasteiger partial charge in [0.25, 0.3) is 0 Å². The zero-order valence-corrected chi connectivity index (χ0v) is 16.1. The number of alkyl halides is 3. The third-order valence-corrected chi connectivity index (χ3v) is 4.52. The Bertz CT molecular complexity index is 1010. The molecule has 3 N–H and O–H groups in total. The maximum absolute atomic E-state index is 12.9. The van der Waals surface area contributed by atoms with Gasteiger partial charge >= 0.3 is 6.18 Å². The Labute approximate surface area is 168 Å². The number of nitrogens with zero attached hydrogens (tertiary/aromatic N) is 2. The number of para-hydroxylation sites is 1. The van der Waals surface area contributed by atoms with Crippen molar-refractivity contribution in [3.05, 3.63) is 64.5 Å². The lowest BCUT2D eigenvalue weighted by atomic mass is 10.1. The Morgan fingerprint density at radius 3 is 2.72 bits per heavy atom.